The first-order valence-electron chi connectivity index (χ1n) is 9.40. The molecule has 174 valence electrons. The third-order valence-corrected chi connectivity index (χ3v) is 5.60. The van der Waals surface area contributed by atoms with Crippen LogP contribution in [0.25, 0.3) is 0 Å². The van der Waals surface area contributed by atoms with Crippen LogP contribution in [0.1, 0.15) is 40.9 Å². The van der Waals surface area contributed by atoms with E-state index in [1.807, 2.05) is 0 Å². The summed E-state index contributed by atoms with van der Waals surface area (Å²) in [6, 6.07) is 7.68. The molecule has 32 heavy (non-hydrogen) atoms. The Hall–Kier alpha value is -2.33. The Labute approximate surface area is 184 Å². The topological polar surface area (TPSA) is 32.3 Å². The van der Waals surface area contributed by atoms with Crippen molar-refractivity contribution in [2.75, 3.05) is 4.90 Å². The van der Waals surface area contributed by atoms with Crippen LogP contribution in [-0.4, -0.2) is 24.3 Å². The van der Waals surface area contributed by atoms with Gasteiger partial charge in [-0.3, -0.25) is 15.0 Å². The number of fused-ring (bicyclic) bond motifs is 1. The molecule has 1 atom stereocenters. The molecule has 2 aromatic carbocycles. The molecule has 1 N–H and O–H groups in total. The first-order valence-corrected chi connectivity index (χ1v) is 9.77. The number of amides is 1. The minimum absolute atomic E-state index is 0.0650. The van der Waals surface area contributed by atoms with Crippen molar-refractivity contribution in [2.24, 2.45) is 0 Å². The fraction of sp³-hybridized carbons (Fsp3) is 0.381. The number of halogens is 8. The number of nitrogens with zero attached hydrogens (tertiary/aromatic N) is 1. The third kappa shape index (κ3) is 3.53. The maximum Gasteiger partial charge on any atom is 0.435 e. The van der Waals surface area contributed by atoms with E-state index in [-0.39, 0.29) is 22.9 Å². The fourth-order valence-corrected chi connectivity index (χ4v) is 4.30. The molecule has 0 radical (unpaired) electrons. The molecule has 0 saturated heterocycles. The monoisotopic (exact) mass is 482 g/mol. The summed E-state index contributed by atoms with van der Waals surface area (Å²) >= 11 is 6.80. The molecule has 1 amide bonds. The SMILES string of the molecule is Cc1cc(C(F)(C(F)(F)F)C(F)(F)F)ccc1N1C(=O)c2ccccc2C1(Cl)NC(C)C. The van der Waals surface area contributed by atoms with Gasteiger partial charge >= 0.3 is 18.0 Å². The zero-order valence-electron chi connectivity index (χ0n) is 17.0. The molecule has 1 heterocycles. The summed E-state index contributed by atoms with van der Waals surface area (Å²) in [4.78, 5) is 14.2. The van der Waals surface area contributed by atoms with E-state index in [0.29, 0.717) is 17.7 Å². The maximum atomic E-state index is 14.5. The highest BCUT2D eigenvalue weighted by molar-refractivity contribution is 6.32. The van der Waals surface area contributed by atoms with Crippen LogP contribution in [0.15, 0.2) is 42.5 Å². The molecule has 0 bridgehead atoms. The molecule has 0 spiro atoms. The molecule has 1 aliphatic heterocycles. The zero-order chi connectivity index (χ0) is 24.3. The van der Waals surface area contributed by atoms with E-state index in [9.17, 15) is 35.5 Å². The molecule has 1 unspecified atom stereocenters. The van der Waals surface area contributed by atoms with Crippen LogP contribution in [0.2, 0.25) is 0 Å². The van der Waals surface area contributed by atoms with Gasteiger partial charge in [-0.2, -0.15) is 26.3 Å². The lowest BCUT2D eigenvalue weighted by atomic mass is 9.92. The van der Waals surface area contributed by atoms with Gasteiger partial charge in [-0.15, -0.1) is 0 Å². The summed E-state index contributed by atoms with van der Waals surface area (Å²) < 4.78 is 93.3. The van der Waals surface area contributed by atoms with Crippen LogP contribution in [-0.2, 0) is 10.8 Å². The predicted octanol–water partition coefficient (Wildman–Crippen LogP) is 6.29. The molecule has 11 heteroatoms. The number of carbonyl (C=O) groups is 1. The maximum absolute atomic E-state index is 14.5. The van der Waals surface area contributed by atoms with Crippen LogP contribution in [0.5, 0.6) is 0 Å². The Kier molecular flexibility index (Phi) is 5.79. The first kappa shape index (κ1) is 24.3. The van der Waals surface area contributed by atoms with Crippen LogP contribution in [0, 0.1) is 6.92 Å². The van der Waals surface area contributed by atoms with E-state index in [4.69, 9.17) is 11.6 Å². The summed E-state index contributed by atoms with van der Waals surface area (Å²) in [5.74, 6) is -0.613. The number of carbonyl (C=O) groups excluding carboxylic acids is 1. The van der Waals surface area contributed by atoms with Gasteiger partial charge < -0.3 is 0 Å². The van der Waals surface area contributed by atoms with E-state index in [1.165, 1.54) is 13.0 Å². The quantitative estimate of drug-likeness (QED) is 0.315. The van der Waals surface area contributed by atoms with Gasteiger partial charge in [-0.25, -0.2) is 4.39 Å². The number of nitrogens with one attached hydrogen (secondary N) is 1. The van der Waals surface area contributed by atoms with Gasteiger partial charge in [0.25, 0.3) is 5.91 Å². The minimum atomic E-state index is -6.24. The van der Waals surface area contributed by atoms with E-state index < -0.39 is 34.6 Å². The standard InChI is InChI=1S/C21H18ClF7N2O/c1-11(2)30-19(22)15-7-5-4-6-14(15)17(32)31(19)16-9-8-13(10-12(16)3)18(23,20(24,25)26)21(27,28)29/h4-11,30H,1-3H3. The third-order valence-electron chi connectivity index (χ3n) is 5.12. The molecular formula is C21H18ClF7N2O. The van der Waals surface area contributed by atoms with Crippen LogP contribution in [0.3, 0.4) is 0 Å². The lowest BCUT2D eigenvalue weighted by molar-refractivity contribution is -0.348. The van der Waals surface area contributed by atoms with Crippen molar-refractivity contribution in [3.05, 3.63) is 64.7 Å². The van der Waals surface area contributed by atoms with Crippen molar-refractivity contribution in [3.8, 4) is 0 Å². The number of alkyl halides is 8. The Balaban J connectivity index is 2.18. The van der Waals surface area contributed by atoms with E-state index in [0.717, 1.165) is 11.0 Å². The van der Waals surface area contributed by atoms with E-state index in [2.05, 4.69) is 5.32 Å². The van der Waals surface area contributed by atoms with Crippen molar-refractivity contribution < 1.29 is 35.5 Å². The Morgan fingerprint density at radius 2 is 1.53 bits per heavy atom. The lowest BCUT2D eigenvalue weighted by Gasteiger charge is -2.37. The number of rotatable bonds is 4. The Bertz CT molecular complexity index is 1040. The highest BCUT2D eigenvalue weighted by atomic mass is 35.5. The van der Waals surface area contributed by atoms with Gasteiger partial charge in [0.2, 0.25) is 5.12 Å². The molecule has 0 aromatic heterocycles. The average Bonchev–Trinajstić information content (AvgIpc) is 2.86. The molecule has 2 aromatic rings. The number of anilines is 1. The highest BCUT2D eigenvalue weighted by Crippen LogP contribution is 2.54. The van der Waals surface area contributed by atoms with Gasteiger partial charge in [0.15, 0.2) is 0 Å². The van der Waals surface area contributed by atoms with Crippen molar-refractivity contribution in [1.29, 1.82) is 0 Å². The number of hydrogen-bond donors (Lipinski definition) is 1. The molecule has 0 fully saturated rings. The Morgan fingerprint density at radius 1 is 0.969 bits per heavy atom. The van der Waals surface area contributed by atoms with Gasteiger partial charge in [0, 0.05) is 22.7 Å². The van der Waals surface area contributed by atoms with Crippen LogP contribution >= 0.6 is 11.6 Å². The lowest BCUT2D eigenvalue weighted by Crippen LogP contribution is -2.53. The molecule has 0 aliphatic carbocycles. The number of hydrogen-bond acceptors (Lipinski definition) is 2. The van der Waals surface area contributed by atoms with Crippen LogP contribution in [0.4, 0.5) is 36.4 Å². The van der Waals surface area contributed by atoms with E-state index >= 15 is 0 Å². The van der Waals surface area contributed by atoms with Gasteiger partial charge in [0.05, 0.1) is 5.69 Å². The number of benzene rings is 2. The predicted molar refractivity (Wildman–Crippen MR) is 105 cm³/mol. The minimum Gasteiger partial charge on any atom is -0.275 e. The molecular weight excluding hydrogens is 465 g/mol. The first-order chi connectivity index (χ1) is 14.6. The average molecular weight is 483 g/mol. The summed E-state index contributed by atoms with van der Waals surface area (Å²) in [5.41, 5.74) is -6.89. The smallest absolute Gasteiger partial charge is 0.275 e. The summed E-state index contributed by atoms with van der Waals surface area (Å²) in [6.45, 7) is 4.66. The Morgan fingerprint density at radius 3 is 2.03 bits per heavy atom. The van der Waals surface area contributed by atoms with Crippen molar-refractivity contribution >= 4 is 23.2 Å². The summed E-state index contributed by atoms with van der Waals surface area (Å²) in [6.07, 6.45) is -12.5. The van der Waals surface area contributed by atoms with Gasteiger partial charge in [0.1, 0.15) is 0 Å². The van der Waals surface area contributed by atoms with Crippen molar-refractivity contribution in [1.82, 2.24) is 5.32 Å². The summed E-state index contributed by atoms with van der Waals surface area (Å²) in [7, 11) is 0. The van der Waals surface area contributed by atoms with E-state index in [1.54, 1.807) is 32.0 Å². The van der Waals surface area contributed by atoms with Gasteiger partial charge in [-0.1, -0.05) is 41.9 Å². The second-order valence-electron chi connectivity index (χ2n) is 7.76. The normalized spacial score (nSPS) is 19.6. The van der Waals surface area contributed by atoms with Gasteiger partial charge in [-0.05, 0) is 38.5 Å². The second kappa shape index (κ2) is 7.62. The fourth-order valence-electron chi connectivity index (χ4n) is 3.75. The van der Waals surface area contributed by atoms with Crippen LogP contribution < -0.4 is 10.2 Å². The molecule has 0 saturated carbocycles. The highest BCUT2D eigenvalue weighted by Gasteiger charge is 2.73. The van der Waals surface area contributed by atoms with Crippen molar-refractivity contribution in [2.45, 2.75) is 50.0 Å². The largest absolute Gasteiger partial charge is 0.435 e. The van der Waals surface area contributed by atoms with Crippen molar-refractivity contribution in [3.63, 3.8) is 0 Å². The zero-order valence-corrected chi connectivity index (χ0v) is 17.8. The number of aryl methyl sites for hydroxylation is 1. The molecule has 1 aliphatic rings. The second-order valence-corrected chi connectivity index (χ2v) is 8.31. The molecule has 3 rings (SSSR count). The molecule has 3 nitrogen and oxygen atoms in total. The summed E-state index contributed by atoms with van der Waals surface area (Å²) in [5, 5.41) is 1.35.